The van der Waals surface area contributed by atoms with Crippen LogP contribution < -0.4 is 16.0 Å². The zero-order valence-corrected chi connectivity index (χ0v) is 40.5. The van der Waals surface area contributed by atoms with Gasteiger partial charge in [-0.25, -0.2) is 4.79 Å². The van der Waals surface area contributed by atoms with Crippen LogP contribution in [0.5, 0.6) is 0 Å². The van der Waals surface area contributed by atoms with Gasteiger partial charge >= 0.3 is 11.9 Å². The Morgan fingerprint density at radius 2 is 1.42 bits per heavy atom. The molecule has 5 amide bonds. The van der Waals surface area contributed by atoms with Gasteiger partial charge in [0.05, 0.1) is 19.0 Å². The minimum absolute atomic E-state index is 0.00994. The molecule has 16 heteroatoms. The number of benzene rings is 1. The van der Waals surface area contributed by atoms with Gasteiger partial charge in [-0.05, 0) is 91.2 Å². The maximum atomic E-state index is 13.2. The number of aliphatic hydroxyl groups is 1. The molecule has 0 radical (unpaired) electrons. The predicted octanol–water partition coefficient (Wildman–Crippen LogP) is 5.50. The van der Waals surface area contributed by atoms with Crippen molar-refractivity contribution in [2.75, 3.05) is 39.4 Å². The monoisotopic (exact) mass is 892 g/mol. The van der Waals surface area contributed by atoms with Crippen molar-refractivity contribution in [2.45, 2.75) is 132 Å². The molecule has 1 aromatic rings. The summed E-state index contributed by atoms with van der Waals surface area (Å²) in [5.41, 5.74) is 3.04. The number of hydrogen-bond donors (Lipinski definition) is 5. The molecule has 0 spiro atoms. The Hall–Kier alpha value is -4.70. The number of carboxylic acid groups (broad SMARTS) is 1. The number of amides is 5. The van der Waals surface area contributed by atoms with Crippen LogP contribution in [0.25, 0.3) is 0 Å². The van der Waals surface area contributed by atoms with Crippen LogP contribution in [0.1, 0.15) is 107 Å². The van der Waals surface area contributed by atoms with Crippen LogP contribution >= 0.6 is 11.8 Å². The number of carbonyl (C=O) groups excluding carboxylic acids is 6. The van der Waals surface area contributed by atoms with Crippen LogP contribution in [0.15, 0.2) is 53.6 Å². The minimum Gasteiger partial charge on any atom is -0.480 e. The van der Waals surface area contributed by atoms with Gasteiger partial charge in [0.2, 0.25) is 23.6 Å². The minimum atomic E-state index is -1.22. The fourth-order valence-electron chi connectivity index (χ4n) is 5.52. The van der Waals surface area contributed by atoms with Gasteiger partial charge in [-0.3, -0.25) is 28.8 Å². The summed E-state index contributed by atoms with van der Waals surface area (Å²) in [6.45, 7) is 19.2. The van der Waals surface area contributed by atoms with E-state index in [9.17, 15) is 33.6 Å². The van der Waals surface area contributed by atoms with Gasteiger partial charge in [-0.1, -0.05) is 94.7 Å². The average molecular weight is 892 g/mol. The van der Waals surface area contributed by atoms with Crippen molar-refractivity contribution in [3.63, 3.8) is 0 Å². The summed E-state index contributed by atoms with van der Waals surface area (Å²) >= 11 is 1.41. The highest BCUT2D eigenvalue weighted by Gasteiger charge is 2.31. The molecule has 5 N–H and O–H groups in total. The van der Waals surface area contributed by atoms with Crippen LogP contribution in [0, 0.1) is 24.7 Å². The molecule has 15 nitrogen and oxygen atoms in total. The van der Waals surface area contributed by atoms with Crippen LogP contribution in [0.2, 0.25) is 0 Å². The van der Waals surface area contributed by atoms with E-state index in [0.29, 0.717) is 24.3 Å². The van der Waals surface area contributed by atoms with Crippen LogP contribution in [-0.4, -0.2) is 125 Å². The van der Waals surface area contributed by atoms with Crippen molar-refractivity contribution >= 4 is 53.2 Å². The Balaban J connectivity index is 0. The lowest BCUT2D eigenvalue weighted by Gasteiger charge is -2.27. The topological polar surface area (TPSA) is 212 Å². The van der Waals surface area contributed by atoms with E-state index < -0.39 is 78.8 Å². The van der Waals surface area contributed by atoms with E-state index in [0.717, 1.165) is 22.6 Å². The van der Waals surface area contributed by atoms with Crippen LogP contribution in [0.3, 0.4) is 0 Å². The van der Waals surface area contributed by atoms with Gasteiger partial charge in [0, 0.05) is 19.7 Å². The van der Waals surface area contributed by atoms with Gasteiger partial charge in [-0.15, -0.1) is 11.8 Å². The van der Waals surface area contributed by atoms with Crippen LogP contribution in [-0.2, 0) is 38.3 Å². The molecule has 4 unspecified atom stereocenters. The third kappa shape index (κ3) is 26.6. The fourth-order valence-corrected chi connectivity index (χ4v) is 5.52. The van der Waals surface area contributed by atoms with Gasteiger partial charge in [0.1, 0.15) is 18.1 Å². The van der Waals surface area contributed by atoms with Gasteiger partial charge in [0.25, 0.3) is 5.91 Å². The van der Waals surface area contributed by atoms with E-state index in [4.69, 9.17) is 14.9 Å². The van der Waals surface area contributed by atoms with Crippen LogP contribution in [0.4, 0.5) is 0 Å². The molecule has 0 bridgehead atoms. The number of aryl methyl sites for hydroxylation is 1. The number of esters is 1. The van der Waals surface area contributed by atoms with E-state index in [1.807, 2.05) is 58.2 Å². The molecule has 0 aliphatic rings. The maximum Gasteiger partial charge on any atom is 0.334 e. The van der Waals surface area contributed by atoms with Crippen molar-refractivity contribution in [1.82, 2.24) is 25.8 Å². The number of rotatable bonds is 23. The smallest absolute Gasteiger partial charge is 0.334 e. The zero-order chi connectivity index (χ0) is 48.1. The van der Waals surface area contributed by atoms with Crippen molar-refractivity contribution in [3.8, 4) is 0 Å². The highest BCUT2D eigenvalue weighted by atomic mass is 32.2. The summed E-state index contributed by atoms with van der Waals surface area (Å²) in [5, 5.41) is 24.5. The van der Waals surface area contributed by atoms with Crippen molar-refractivity contribution < 1.29 is 48.5 Å². The summed E-state index contributed by atoms with van der Waals surface area (Å²) in [4.78, 5) is 90.9. The highest BCUT2D eigenvalue weighted by molar-refractivity contribution is 7.98. The lowest BCUT2D eigenvalue weighted by atomic mass is 9.97. The first-order valence-electron chi connectivity index (χ1n) is 21.2. The molecule has 1 rings (SSSR count). The summed E-state index contributed by atoms with van der Waals surface area (Å²) in [7, 11) is 2.74. The van der Waals surface area contributed by atoms with E-state index in [2.05, 4.69) is 54.9 Å². The number of thioether (sulfide) groups is 1. The molecule has 0 saturated heterocycles. The molecular weight excluding hydrogens is 815 g/mol. The van der Waals surface area contributed by atoms with Gasteiger partial charge < -0.3 is 40.7 Å². The Morgan fingerprint density at radius 3 is 1.89 bits per heavy atom. The highest BCUT2D eigenvalue weighted by Crippen LogP contribution is 2.18. The van der Waals surface area contributed by atoms with E-state index in [-0.39, 0.29) is 24.2 Å². The first-order valence-corrected chi connectivity index (χ1v) is 22.6. The molecule has 0 fully saturated rings. The molecule has 0 aliphatic heterocycles. The molecule has 6 atom stereocenters. The first-order chi connectivity index (χ1) is 28.9. The number of nitrogens with one attached hydrogen (secondary N) is 3. The zero-order valence-electron chi connectivity index (χ0n) is 39.7. The number of allylic oxidation sites excluding steroid dienone is 3. The number of carbonyl (C=O) groups is 7. The second kappa shape index (κ2) is 32.9. The normalized spacial score (nSPS) is 14.1. The third-order valence-corrected chi connectivity index (χ3v) is 9.98. The molecule has 0 saturated carbocycles. The fraction of sp³-hybridized carbons (Fsp3) is 0.630. The SMILES string of the molecule is C/C=C(\C)C[C@H](C)CC/C=C(\C)C(=O)O[C@H](CC(C)C)C(=O)NC(C)C(=O)N(C)CC(=O)N(C)CC(=O)NC(C(=O)NC(C)C(=O)O)C(C)CC.CSCO.Cc1ccccc1. The molecular formula is C46H77N5O10S. The van der Waals surface area contributed by atoms with Crippen molar-refractivity contribution in [2.24, 2.45) is 17.8 Å². The quantitative estimate of drug-likeness (QED) is 0.0401. The van der Waals surface area contributed by atoms with E-state index in [1.54, 1.807) is 13.8 Å². The number of ether oxygens (including phenoxy) is 1. The lowest BCUT2D eigenvalue weighted by molar-refractivity contribution is -0.154. The average Bonchev–Trinajstić information content (AvgIpc) is 3.21. The Bertz CT molecular complexity index is 1600. The van der Waals surface area contributed by atoms with Crippen molar-refractivity contribution in [3.05, 3.63) is 59.2 Å². The van der Waals surface area contributed by atoms with Gasteiger partial charge in [0.15, 0.2) is 6.10 Å². The molecule has 352 valence electrons. The molecule has 0 aliphatic carbocycles. The molecule has 0 heterocycles. The summed E-state index contributed by atoms with van der Waals surface area (Å²) in [6, 6.07) is 7.03. The summed E-state index contributed by atoms with van der Waals surface area (Å²) in [6.07, 6.45) is 7.96. The number of aliphatic carboxylic acids is 1. The number of nitrogens with zero attached hydrogens (tertiary/aromatic N) is 2. The number of hydrogen-bond acceptors (Lipinski definition) is 10. The standard InChI is InChI=1S/C37H63N5O9.C7H8.C2H6OS/c1-13-23(5)19-24(6)16-15-17-26(8)37(50)51-29(18-22(3)4)33(45)38-27(9)35(47)42(12)21-31(44)41(11)20-30(43)40-32(25(7)14-2)34(46)39-28(10)36(48)49;1-7-5-3-2-4-6-7;1-4-2-3/h13,17,22,24-25,27-29,32H,14-16,18-21H2,1-12H3,(H,38,45)(H,39,46)(H,40,43)(H,48,49);2-6H,1H3;3H,2H2,1H3/b23-13+,26-17+;;/t24-,25?,27?,28?,29-,32?;;/m1../s1. The number of carboxylic acids is 1. The Labute approximate surface area is 375 Å². The second-order valence-corrected chi connectivity index (χ2v) is 17.0. The Kier molecular flexibility index (Phi) is 31.6. The maximum absolute atomic E-state index is 13.2. The third-order valence-electron chi connectivity index (χ3n) is 9.72. The largest absolute Gasteiger partial charge is 0.480 e. The van der Waals surface area contributed by atoms with Gasteiger partial charge in [-0.2, -0.15) is 0 Å². The Morgan fingerprint density at radius 1 is 0.855 bits per heavy atom. The van der Waals surface area contributed by atoms with Crippen molar-refractivity contribution in [1.29, 1.82) is 0 Å². The second-order valence-electron chi connectivity index (χ2n) is 16.2. The molecule has 62 heavy (non-hydrogen) atoms. The predicted molar refractivity (Wildman–Crippen MR) is 247 cm³/mol. The molecule has 0 aromatic heterocycles. The lowest BCUT2D eigenvalue weighted by Crippen LogP contribution is -2.55. The summed E-state index contributed by atoms with van der Waals surface area (Å²) < 4.78 is 5.59. The summed E-state index contributed by atoms with van der Waals surface area (Å²) in [5.74, 6) is -4.54. The van der Waals surface area contributed by atoms with E-state index >= 15 is 0 Å². The molecule has 1 aromatic carbocycles. The first kappa shape index (κ1) is 59.4. The van der Waals surface area contributed by atoms with E-state index in [1.165, 1.54) is 50.8 Å². The number of aliphatic hydroxyl groups excluding tert-OH is 1. The number of likely N-dealkylation sites (N-methyl/N-ethyl adjacent to an activating group) is 2.